The molecule has 0 aliphatic carbocycles. The molecule has 0 saturated carbocycles. The van der Waals surface area contributed by atoms with E-state index in [4.69, 9.17) is 22.7 Å². The molecule has 6 heteroatoms. The summed E-state index contributed by atoms with van der Waals surface area (Å²) in [5.41, 5.74) is 7.08. The lowest BCUT2D eigenvalue weighted by Crippen LogP contribution is -2.48. The Morgan fingerprint density at radius 1 is 1.38 bits per heavy atom. The summed E-state index contributed by atoms with van der Waals surface area (Å²) in [6.07, 6.45) is 2.85. The number of guanidine groups is 1. The van der Waals surface area contributed by atoms with Gasteiger partial charge in [-0.3, -0.25) is 15.2 Å². The number of amides is 2. The highest BCUT2D eigenvalue weighted by Gasteiger charge is 2.23. The third-order valence-electron chi connectivity index (χ3n) is 3.32. The third-order valence-corrected chi connectivity index (χ3v) is 3.62. The summed E-state index contributed by atoms with van der Waals surface area (Å²) in [6, 6.07) is 5.13. The average Bonchev–Trinajstić information content (AvgIpc) is 2.42. The molecule has 0 atom stereocenters. The van der Waals surface area contributed by atoms with Crippen molar-refractivity contribution in [2.75, 3.05) is 18.5 Å². The van der Waals surface area contributed by atoms with E-state index < -0.39 is 0 Å². The molecule has 0 fully saturated rings. The van der Waals surface area contributed by atoms with E-state index in [-0.39, 0.29) is 12.0 Å². The van der Waals surface area contributed by atoms with Crippen LogP contribution >= 0.6 is 11.6 Å². The van der Waals surface area contributed by atoms with Gasteiger partial charge in [0.05, 0.1) is 10.7 Å². The number of rotatable bonds is 5. The predicted octanol–water partition coefficient (Wildman–Crippen LogP) is 3.59. The van der Waals surface area contributed by atoms with E-state index in [9.17, 15) is 4.79 Å². The number of hydrogen-bond acceptors (Lipinski definition) is 2. The SMILES string of the molecule is CCCCCN(C(=N)N)C(=O)N(C)c1c(C)cccc1Cl. The minimum Gasteiger partial charge on any atom is -0.370 e. The van der Waals surface area contributed by atoms with Crippen molar-refractivity contribution in [2.24, 2.45) is 5.73 Å². The third kappa shape index (κ3) is 4.36. The lowest BCUT2D eigenvalue weighted by atomic mass is 10.2. The number of aryl methyl sites for hydroxylation is 1. The largest absolute Gasteiger partial charge is 0.370 e. The fourth-order valence-electron chi connectivity index (χ4n) is 2.16. The molecule has 1 rings (SSSR count). The Hall–Kier alpha value is -1.75. The van der Waals surface area contributed by atoms with Gasteiger partial charge in [-0.25, -0.2) is 4.79 Å². The van der Waals surface area contributed by atoms with Crippen molar-refractivity contribution in [1.82, 2.24) is 4.90 Å². The molecule has 0 saturated heterocycles. The van der Waals surface area contributed by atoms with Crippen LogP contribution in [0.4, 0.5) is 10.5 Å². The minimum absolute atomic E-state index is 0.243. The first-order chi connectivity index (χ1) is 9.90. The van der Waals surface area contributed by atoms with Gasteiger partial charge in [-0.05, 0) is 25.0 Å². The molecule has 0 aromatic heterocycles. The molecule has 0 aliphatic heterocycles. The first-order valence-electron chi connectivity index (χ1n) is 7.04. The summed E-state index contributed by atoms with van der Waals surface area (Å²) >= 11 is 6.18. The van der Waals surface area contributed by atoms with E-state index in [0.29, 0.717) is 17.3 Å². The van der Waals surface area contributed by atoms with Crippen molar-refractivity contribution in [2.45, 2.75) is 33.1 Å². The fourth-order valence-corrected chi connectivity index (χ4v) is 2.51. The van der Waals surface area contributed by atoms with Crippen LogP contribution < -0.4 is 10.6 Å². The Balaban J connectivity index is 2.95. The molecule has 5 nitrogen and oxygen atoms in total. The normalized spacial score (nSPS) is 10.3. The Morgan fingerprint density at radius 2 is 2.05 bits per heavy atom. The summed E-state index contributed by atoms with van der Waals surface area (Å²) in [6.45, 7) is 4.41. The zero-order chi connectivity index (χ0) is 16.0. The number of nitrogens with two attached hydrogens (primary N) is 1. The number of hydrogen-bond donors (Lipinski definition) is 2. The first-order valence-corrected chi connectivity index (χ1v) is 7.42. The minimum atomic E-state index is -0.338. The van der Waals surface area contributed by atoms with Crippen LogP contribution in [0, 0.1) is 12.3 Å². The van der Waals surface area contributed by atoms with Gasteiger partial charge in [0.2, 0.25) is 0 Å². The van der Waals surface area contributed by atoms with Crippen molar-refractivity contribution in [1.29, 1.82) is 5.41 Å². The van der Waals surface area contributed by atoms with Crippen LogP contribution in [0.3, 0.4) is 0 Å². The first kappa shape index (κ1) is 17.3. The Labute approximate surface area is 131 Å². The molecule has 0 unspecified atom stereocenters. The number of anilines is 1. The van der Waals surface area contributed by atoms with Gasteiger partial charge in [-0.2, -0.15) is 0 Å². The number of nitrogens with one attached hydrogen (secondary N) is 1. The van der Waals surface area contributed by atoms with Crippen LogP contribution in [0.5, 0.6) is 0 Å². The van der Waals surface area contributed by atoms with E-state index in [2.05, 4.69) is 6.92 Å². The van der Waals surface area contributed by atoms with Gasteiger partial charge in [0, 0.05) is 13.6 Å². The lowest BCUT2D eigenvalue weighted by molar-refractivity contribution is 0.227. The van der Waals surface area contributed by atoms with Crippen molar-refractivity contribution in [3.8, 4) is 0 Å². The number of para-hydroxylation sites is 1. The van der Waals surface area contributed by atoms with E-state index in [1.54, 1.807) is 13.1 Å². The number of halogens is 1. The standard InChI is InChI=1S/C15H23ClN4O/c1-4-5-6-10-20(14(17)18)15(21)19(3)13-11(2)8-7-9-12(13)16/h7-9H,4-6,10H2,1-3H3,(H3,17,18). The van der Waals surface area contributed by atoms with Crippen LogP contribution in [0.2, 0.25) is 5.02 Å². The summed E-state index contributed by atoms with van der Waals surface area (Å²) in [4.78, 5) is 15.3. The number of carbonyl (C=O) groups is 1. The van der Waals surface area contributed by atoms with Crippen molar-refractivity contribution >= 4 is 29.3 Å². The van der Waals surface area contributed by atoms with Crippen LogP contribution in [-0.4, -0.2) is 30.5 Å². The van der Waals surface area contributed by atoms with Gasteiger partial charge in [-0.15, -0.1) is 0 Å². The quantitative estimate of drug-likeness (QED) is 0.495. The van der Waals surface area contributed by atoms with E-state index in [1.807, 2.05) is 19.1 Å². The smallest absolute Gasteiger partial charge is 0.331 e. The lowest BCUT2D eigenvalue weighted by Gasteiger charge is -2.28. The van der Waals surface area contributed by atoms with Gasteiger partial charge in [-0.1, -0.05) is 43.5 Å². The molecule has 0 radical (unpaired) electrons. The molecule has 116 valence electrons. The van der Waals surface area contributed by atoms with E-state index >= 15 is 0 Å². The Bertz CT molecular complexity index is 498. The highest BCUT2D eigenvalue weighted by atomic mass is 35.5. The summed E-state index contributed by atoms with van der Waals surface area (Å²) in [7, 11) is 1.65. The Morgan fingerprint density at radius 3 is 2.57 bits per heavy atom. The highest BCUT2D eigenvalue weighted by Crippen LogP contribution is 2.29. The van der Waals surface area contributed by atoms with Crippen molar-refractivity contribution in [3.63, 3.8) is 0 Å². The number of nitrogens with zero attached hydrogens (tertiary/aromatic N) is 2. The van der Waals surface area contributed by atoms with E-state index in [0.717, 1.165) is 24.8 Å². The average molecular weight is 311 g/mol. The molecule has 0 bridgehead atoms. The van der Waals surface area contributed by atoms with Gasteiger partial charge >= 0.3 is 6.03 Å². The van der Waals surface area contributed by atoms with Crippen LogP contribution in [0.1, 0.15) is 31.7 Å². The van der Waals surface area contributed by atoms with Gasteiger partial charge in [0.1, 0.15) is 0 Å². The number of unbranched alkanes of at least 4 members (excludes halogenated alkanes) is 2. The molecule has 0 aliphatic rings. The van der Waals surface area contributed by atoms with Crippen molar-refractivity contribution in [3.05, 3.63) is 28.8 Å². The summed E-state index contributed by atoms with van der Waals surface area (Å²) in [5.74, 6) is -0.243. The fraction of sp³-hybridized carbons (Fsp3) is 0.467. The molecular weight excluding hydrogens is 288 g/mol. The Kier molecular flexibility index (Phi) is 6.49. The van der Waals surface area contributed by atoms with Gasteiger partial charge < -0.3 is 5.73 Å². The molecule has 1 aromatic carbocycles. The van der Waals surface area contributed by atoms with Crippen LogP contribution in [0.15, 0.2) is 18.2 Å². The van der Waals surface area contributed by atoms with Crippen LogP contribution in [-0.2, 0) is 0 Å². The molecule has 0 heterocycles. The van der Waals surface area contributed by atoms with Crippen LogP contribution in [0.25, 0.3) is 0 Å². The maximum atomic E-state index is 12.6. The van der Waals surface area contributed by atoms with Crippen molar-refractivity contribution < 1.29 is 4.79 Å². The predicted molar refractivity (Wildman–Crippen MR) is 88.1 cm³/mol. The second kappa shape index (κ2) is 7.88. The number of urea groups is 1. The molecule has 3 N–H and O–H groups in total. The zero-order valence-electron chi connectivity index (χ0n) is 12.8. The molecular formula is C15H23ClN4O. The van der Waals surface area contributed by atoms with Gasteiger partial charge in [0.25, 0.3) is 0 Å². The van der Waals surface area contributed by atoms with Gasteiger partial charge in [0.15, 0.2) is 5.96 Å². The maximum absolute atomic E-state index is 12.6. The summed E-state index contributed by atoms with van der Waals surface area (Å²) in [5, 5.41) is 8.11. The number of benzene rings is 1. The highest BCUT2D eigenvalue weighted by molar-refractivity contribution is 6.34. The maximum Gasteiger partial charge on any atom is 0.331 e. The second-order valence-corrected chi connectivity index (χ2v) is 5.40. The number of carbonyl (C=O) groups excluding carboxylic acids is 1. The monoisotopic (exact) mass is 310 g/mol. The summed E-state index contributed by atoms with van der Waals surface area (Å²) < 4.78 is 0. The second-order valence-electron chi connectivity index (χ2n) is 4.99. The molecule has 1 aromatic rings. The molecule has 0 spiro atoms. The topological polar surface area (TPSA) is 73.4 Å². The molecule has 21 heavy (non-hydrogen) atoms. The molecule has 2 amide bonds. The van der Waals surface area contributed by atoms with E-state index in [1.165, 1.54) is 9.80 Å². The zero-order valence-corrected chi connectivity index (χ0v) is 13.6.